The highest BCUT2D eigenvalue weighted by Crippen LogP contribution is 2.23. The molecule has 106 valence electrons. The molecule has 19 heavy (non-hydrogen) atoms. The predicted molar refractivity (Wildman–Crippen MR) is 83.8 cm³/mol. The molecule has 3 heteroatoms. The van der Waals surface area contributed by atoms with E-state index in [0.29, 0.717) is 6.04 Å². The lowest BCUT2D eigenvalue weighted by Crippen LogP contribution is -2.35. The summed E-state index contributed by atoms with van der Waals surface area (Å²) in [5.41, 5.74) is 1.23. The van der Waals surface area contributed by atoms with Gasteiger partial charge in [-0.25, -0.2) is 0 Å². The molecule has 0 unspecified atom stereocenters. The van der Waals surface area contributed by atoms with E-state index in [1.807, 2.05) is 6.07 Å². The van der Waals surface area contributed by atoms with Crippen LogP contribution in [0.1, 0.15) is 38.2 Å². The molecule has 0 saturated carbocycles. The topological polar surface area (TPSA) is 21.3 Å². The highest BCUT2D eigenvalue weighted by atomic mass is 79.9. The zero-order valence-electron chi connectivity index (χ0n) is 11.9. The Morgan fingerprint density at radius 3 is 3.00 bits per heavy atom. The van der Waals surface area contributed by atoms with Crippen molar-refractivity contribution in [1.29, 1.82) is 0 Å². The fourth-order valence-corrected chi connectivity index (χ4v) is 3.01. The van der Waals surface area contributed by atoms with Gasteiger partial charge in [-0.05, 0) is 75.8 Å². The summed E-state index contributed by atoms with van der Waals surface area (Å²) in [6.07, 6.45) is 5.09. The molecule has 1 N–H and O–H groups in total. The Kier molecular flexibility index (Phi) is 5.71. The van der Waals surface area contributed by atoms with E-state index in [2.05, 4.69) is 47.2 Å². The number of rotatable bonds is 5. The van der Waals surface area contributed by atoms with Crippen LogP contribution in [0, 0.1) is 12.8 Å². The highest BCUT2D eigenvalue weighted by Gasteiger charge is 2.17. The van der Waals surface area contributed by atoms with Crippen molar-refractivity contribution < 1.29 is 4.74 Å². The molecule has 1 aliphatic heterocycles. The quantitative estimate of drug-likeness (QED) is 0.815. The van der Waals surface area contributed by atoms with E-state index >= 15 is 0 Å². The molecule has 0 aromatic heterocycles. The number of benzene rings is 1. The number of aryl methyl sites for hydroxylation is 1. The second-order valence-corrected chi connectivity index (χ2v) is 6.50. The largest absolute Gasteiger partial charge is 0.494 e. The molecule has 2 nitrogen and oxygen atoms in total. The normalized spacial score (nSPS) is 23.3. The first-order chi connectivity index (χ1) is 9.15. The van der Waals surface area contributed by atoms with Gasteiger partial charge in [0.05, 0.1) is 6.61 Å². The standard InChI is InChI=1S/C16H24BrNO/c1-12-10-15(5-6-16(12)17)19-9-3-4-14-7-8-18-13(2)11-14/h5-6,10,13-14,18H,3-4,7-9,11H2,1-2H3/t13-,14+/m0/s1. The Balaban J connectivity index is 1.67. The highest BCUT2D eigenvalue weighted by molar-refractivity contribution is 9.10. The van der Waals surface area contributed by atoms with Crippen molar-refractivity contribution in [2.24, 2.45) is 5.92 Å². The van der Waals surface area contributed by atoms with Gasteiger partial charge < -0.3 is 10.1 Å². The summed E-state index contributed by atoms with van der Waals surface area (Å²) in [5, 5.41) is 3.50. The van der Waals surface area contributed by atoms with Gasteiger partial charge in [-0.15, -0.1) is 0 Å². The van der Waals surface area contributed by atoms with Crippen molar-refractivity contribution in [2.45, 2.75) is 45.6 Å². The Labute approximate surface area is 125 Å². The SMILES string of the molecule is Cc1cc(OCCC[C@@H]2CCN[C@@H](C)C2)ccc1Br. The summed E-state index contributed by atoms with van der Waals surface area (Å²) >= 11 is 3.51. The van der Waals surface area contributed by atoms with E-state index in [-0.39, 0.29) is 0 Å². The van der Waals surface area contributed by atoms with Crippen molar-refractivity contribution in [3.05, 3.63) is 28.2 Å². The minimum Gasteiger partial charge on any atom is -0.494 e. The Bertz CT molecular complexity index is 408. The van der Waals surface area contributed by atoms with Crippen molar-refractivity contribution >= 4 is 15.9 Å². The minimum atomic E-state index is 0.689. The molecular formula is C16H24BrNO. The van der Waals surface area contributed by atoms with Crippen LogP contribution in [-0.2, 0) is 0 Å². The molecule has 0 bridgehead atoms. The summed E-state index contributed by atoms with van der Waals surface area (Å²) in [6, 6.07) is 6.87. The van der Waals surface area contributed by atoms with Crippen LogP contribution in [-0.4, -0.2) is 19.2 Å². The van der Waals surface area contributed by atoms with E-state index in [0.717, 1.165) is 29.2 Å². The van der Waals surface area contributed by atoms with Crippen LogP contribution >= 0.6 is 15.9 Å². The monoisotopic (exact) mass is 325 g/mol. The van der Waals surface area contributed by atoms with Crippen molar-refractivity contribution in [3.63, 3.8) is 0 Å². The molecule has 1 fully saturated rings. The molecule has 2 atom stereocenters. The van der Waals surface area contributed by atoms with E-state index in [1.54, 1.807) is 0 Å². The second kappa shape index (κ2) is 7.30. The first-order valence-corrected chi connectivity index (χ1v) is 8.07. The predicted octanol–water partition coefficient (Wildman–Crippen LogP) is 4.30. The zero-order chi connectivity index (χ0) is 13.7. The molecule has 0 amide bonds. The first-order valence-electron chi connectivity index (χ1n) is 7.27. The van der Waals surface area contributed by atoms with E-state index < -0.39 is 0 Å². The van der Waals surface area contributed by atoms with Crippen LogP contribution in [0.15, 0.2) is 22.7 Å². The average Bonchev–Trinajstić information content (AvgIpc) is 2.39. The molecule has 1 aliphatic rings. The maximum absolute atomic E-state index is 5.82. The number of piperidine rings is 1. The van der Waals surface area contributed by atoms with Crippen molar-refractivity contribution in [3.8, 4) is 5.75 Å². The van der Waals surface area contributed by atoms with Crippen LogP contribution in [0.25, 0.3) is 0 Å². The number of hydrogen-bond donors (Lipinski definition) is 1. The molecule has 0 aliphatic carbocycles. The summed E-state index contributed by atoms with van der Waals surface area (Å²) < 4.78 is 6.97. The number of nitrogens with one attached hydrogen (secondary N) is 1. The molecule has 1 aromatic carbocycles. The van der Waals surface area contributed by atoms with Crippen molar-refractivity contribution in [2.75, 3.05) is 13.2 Å². The fraction of sp³-hybridized carbons (Fsp3) is 0.625. The molecule has 0 spiro atoms. The summed E-state index contributed by atoms with van der Waals surface area (Å²) in [4.78, 5) is 0. The number of halogens is 1. The molecule has 1 saturated heterocycles. The van der Waals surface area contributed by atoms with Gasteiger partial charge in [0.25, 0.3) is 0 Å². The van der Waals surface area contributed by atoms with Gasteiger partial charge in [-0.1, -0.05) is 15.9 Å². The van der Waals surface area contributed by atoms with Gasteiger partial charge in [0.1, 0.15) is 5.75 Å². The first kappa shape index (κ1) is 14.9. The lowest BCUT2D eigenvalue weighted by Gasteiger charge is -2.27. The number of hydrogen-bond acceptors (Lipinski definition) is 2. The third-order valence-corrected chi connectivity index (χ3v) is 4.78. The van der Waals surface area contributed by atoms with Gasteiger partial charge >= 0.3 is 0 Å². The van der Waals surface area contributed by atoms with E-state index in [9.17, 15) is 0 Å². The lowest BCUT2D eigenvalue weighted by atomic mass is 9.89. The number of ether oxygens (including phenoxy) is 1. The molecule has 1 aromatic rings. The van der Waals surface area contributed by atoms with Crippen LogP contribution < -0.4 is 10.1 Å². The van der Waals surface area contributed by atoms with Crippen LogP contribution in [0.2, 0.25) is 0 Å². The Hall–Kier alpha value is -0.540. The molecule has 1 heterocycles. The maximum atomic E-state index is 5.82. The fourth-order valence-electron chi connectivity index (χ4n) is 2.77. The average molecular weight is 326 g/mol. The second-order valence-electron chi connectivity index (χ2n) is 5.65. The smallest absolute Gasteiger partial charge is 0.119 e. The maximum Gasteiger partial charge on any atom is 0.119 e. The minimum absolute atomic E-state index is 0.689. The summed E-state index contributed by atoms with van der Waals surface area (Å²) in [5.74, 6) is 1.87. The third kappa shape index (κ3) is 4.81. The zero-order valence-corrected chi connectivity index (χ0v) is 13.5. The van der Waals surface area contributed by atoms with E-state index in [1.165, 1.54) is 31.4 Å². The van der Waals surface area contributed by atoms with Gasteiger partial charge in [0.15, 0.2) is 0 Å². The lowest BCUT2D eigenvalue weighted by molar-refractivity contribution is 0.256. The van der Waals surface area contributed by atoms with Crippen molar-refractivity contribution in [1.82, 2.24) is 5.32 Å². The van der Waals surface area contributed by atoms with Gasteiger partial charge in [-0.2, -0.15) is 0 Å². The van der Waals surface area contributed by atoms with Gasteiger partial charge in [-0.3, -0.25) is 0 Å². The van der Waals surface area contributed by atoms with E-state index in [4.69, 9.17) is 4.74 Å². The molecule has 2 rings (SSSR count). The molecule has 0 radical (unpaired) electrons. The van der Waals surface area contributed by atoms with Gasteiger partial charge in [0, 0.05) is 10.5 Å². The Morgan fingerprint density at radius 1 is 1.42 bits per heavy atom. The summed E-state index contributed by atoms with van der Waals surface area (Å²) in [7, 11) is 0. The summed E-state index contributed by atoms with van der Waals surface area (Å²) in [6.45, 7) is 6.39. The van der Waals surface area contributed by atoms with Gasteiger partial charge in [0.2, 0.25) is 0 Å². The molecular weight excluding hydrogens is 302 g/mol. The Morgan fingerprint density at radius 2 is 2.26 bits per heavy atom. The third-order valence-electron chi connectivity index (χ3n) is 3.89. The van der Waals surface area contributed by atoms with Crippen LogP contribution in [0.4, 0.5) is 0 Å². The van der Waals surface area contributed by atoms with Crippen LogP contribution in [0.5, 0.6) is 5.75 Å². The van der Waals surface area contributed by atoms with Crippen LogP contribution in [0.3, 0.4) is 0 Å².